The molecule has 1 aromatic carbocycles. The zero-order chi connectivity index (χ0) is 25.3. The van der Waals surface area contributed by atoms with Crippen molar-refractivity contribution in [2.75, 3.05) is 35.2 Å². The van der Waals surface area contributed by atoms with E-state index in [1.807, 2.05) is 16.7 Å². The van der Waals surface area contributed by atoms with E-state index in [-0.39, 0.29) is 12.3 Å². The van der Waals surface area contributed by atoms with Gasteiger partial charge in [0.15, 0.2) is 11.6 Å². The van der Waals surface area contributed by atoms with Crippen LogP contribution >= 0.6 is 35.0 Å². The molecule has 0 bridgehead atoms. The second-order valence-corrected chi connectivity index (χ2v) is 11.2. The topological polar surface area (TPSA) is 88.1 Å². The fraction of sp³-hybridized carbons (Fsp3) is 0.346. The van der Waals surface area contributed by atoms with E-state index in [4.69, 9.17) is 39.1 Å². The molecule has 0 saturated carbocycles. The molecular formula is C26H26Cl2FN5OS. The summed E-state index contributed by atoms with van der Waals surface area (Å²) in [7, 11) is 0. The zero-order valence-electron chi connectivity index (χ0n) is 19.6. The third-order valence-electron chi connectivity index (χ3n) is 7.05. The van der Waals surface area contributed by atoms with Gasteiger partial charge >= 0.3 is 0 Å². The summed E-state index contributed by atoms with van der Waals surface area (Å²) in [5.74, 6) is 2.83. The minimum Gasteiger partial charge on any atom is -0.489 e. The van der Waals surface area contributed by atoms with E-state index in [1.165, 1.54) is 36.4 Å². The molecule has 0 unspecified atom stereocenters. The van der Waals surface area contributed by atoms with Crippen LogP contribution in [0.2, 0.25) is 10.0 Å². The fourth-order valence-electron chi connectivity index (χ4n) is 4.77. The smallest absolute Gasteiger partial charge is 0.166 e. The van der Waals surface area contributed by atoms with Gasteiger partial charge in [0.25, 0.3) is 0 Å². The highest BCUT2D eigenvalue weighted by molar-refractivity contribution is 7.99. The van der Waals surface area contributed by atoms with Gasteiger partial charge in [0.2, 0.25) is 0 Å². The number of halogens is 3. The first kappa shape index (κ1) is 25.1. The maximum atomic E-state index is 15.2. The van der Waals surface area contributed by atoms with E-state index in [1.54, 1.807) is 24.4 Å². The van der Waals surface area contributed by atoms with Crippen molar-refractivity contribution in [3.63, 3.8) is 0 Å². The van der Waals surface area contributed by atoms with Gasteiger partial charge in [0.05, 0.1) is 15.8 Å². The summed E-state index contributed by atoms with van der Waals surface area (Å²) in [6.45, 7) is 1.73. The second kappa shape index (κ2) is 10.4. The van der Waals surface area contributed by atoms with Crippen molar-refractivity contribution in [2.24, 2.45) is 5.41 Å². The first-order chi connectivity index (χ1) is 17.3. The average Bonchev–Trinajstić information content (AvgIpc) is 3.33. The molecule has 0 radical (unpaired) electrons. The number of nitrogen functional groups attached to an aromatic ring is 1. The number of hydrogen-bond donors (Lipinski definition) is 2. The van der Waals surface area contributed by atoms with E-state index in [0.29, 0.717) is 49.4 Å². The van der Waals surface area contributed by atoms with E-state index < -0.39 is 5.82 Å². The number of rotatable bonds is 6. The third-order valence-corrected chi connectivity index (χ3v) is 9.01. The van der Waals surface area contributed by atoms with E-state index in [2.05, 4.69) is 9.97 Å². The number of pyridine rings is 2. The number of anilines is 2. The van der Waals surface area contributed by atoms with Gasteiger partial charge in [-0.05, 0) is 60.4 Å². The molecular weight excluding hydrogens is 520 g/mol. The van der Waals surface area contributed by atoms with Crippen LogP contribution in [0.4, 0.5) is 15.9 Å². The zero-order valence-corrected chi connectivity index (χ0v) is 21.9. The second-order valence-electron chi connectivity index (χ2n) is 9.31. The number of nitrogens with zero attached hydrogens (tertiary/aromatic N) is 3. The Morgan fingerprint density at radius 1 is 1.14 bits per heavy atom. The molecule has 188 valence electrons. The largest absolute Gasteiger partial charge is 0.489 e. The maximum absolute atomic E-state index is 15.2. The summed E-state index contributed by atoms with van der Waals surface area (Å²) in [6.07, 6.45) is 7.93. The third kappa shape index (κ3) is 5.12. The Balaban J connectivity index is 1.30. The van der Waals surface area contributed by atoms with E-state index in [0.717, 1.165) is 25.9 Å². The standard InChI is InChI=1S/C26H26Cl2FN5OS/c27-20-12-32-13-21(28)19(20)14-35-17-1-2-23(30)18(10-17)24(31)16-9-22(29)25(33-11-16)34-6-3-26(4-7-34)5-8-36-15-26/h1-2,9-13,31H,3-8,14-15,30H2. The monoisotopic (exact) mass is 545 g/mol. The Bertz CT molecular complexity index is 1270. The Kier molecular flexibility index (Phi) is 7.28. The normalized spacial score (nSPS) is 16.9. The molecule has 0 aliphatic carbocycles. The van der Waals surface area contributed by atoms with E-state index in [9.17, 15) is 0 Å². The van der Waals surface area contributed by atoms with Crippen LogP contribution in [0.15, 0.2) is 42.9 Å². The SMILES string of the molecule is N=C(c1cnc(N2CCC3(CCSC3)CC2)c(F)c1)c1cc(OCc2c(Cl)cncc2Cl)ccc1N. The Morgan fingerprint density at radius 2 is 1.89 bits per heavy atom. The molecule has 3 N–H and O–H groups in total. The van der Waals surface area contributed by atoms with Crippen LogP contribution < -0.4 is 15.4 Å². The van der Waals surface area contributed by atoms with Crippen LogP contribution in [0.3, 0.4) is 0 Å². The molecule has 2 saturated heterocycles. The van der Waals surface area contributed by atoms with Crippen LogP contribution in [-0.4, -0.2) is 40.3 Å². The predicted molar refractivity (Wildman–Crippen MR) is 145 cm³/mol. The molecule has 5 rings (SSSR count). The number of piperidine rings is 1. The molecule has 1 spiro atoms. The van der Waals surface area contributed by atoms with Gasteiger partial charge in [-0.15, -0.1) is 0 Å². The van der Waals surface area contributed by atoms with Gasteiger partial charge < -0.3 is 15.4 Å². The molecule has 36 heavy (non-hydrogen) atoms. The summed E-state index contributed by atoms with van der Waals surface area (Å²) in [4.78, 5) is 10.4. The summed E-state index contributed by atoms with van der Waals surface area (Å²) in [6, 6.07) is 6.36. The van der Waals surface area contributed by atoms with Gasteiger partial charge in [-0.3, -0.25) is 10.4 Å². The lowest BCUT2D eigenvalue weighted by Gasteiger charge is -2.39. The van der Waals surface area contributed by atoms with Crippen molar-refractivity contribution < 1.29 is 9.13 Å². The molecule has 3 aromatic rings. The molecule has 2 aliphatic heterocycles. The van der Waals surface area contributed by atoms with Crippen LogP contribution in [0.5, 0.6) is 5.75 Å². The summed E-state index contributed by atoms with van der Waals surface area (Å²) >= 11 is 14.4. The van der Waals surface area contributed by atoms with Crippen molar-refractivity contribution in [3.8, 4) is 5.75 Å². The molecule has 4 heterocycles. The molecule has 10 heteroatoms. The van der Waals surface area contributed by atoms with Crippen molar-refractivity contribution in [1.82, 2.24) is 9.97 Å². The molecule has 6 nitrogen and oxygen atoms in total. The summed E-state index contributed by atoms with van der Waals surface area (Å²) in [5, 5.41) is 9.49. The van der Waals surface area contributed by atoms with Gasteiger partial charge in [-0.2, -0.15) is 11.8 Å². The number of hydrogen-bond acceptors (Lipinski definition) is 7. The maximum Gasteiger partial charge on any atom is 0.166 e. The highest BCUT2D eigenvalue weighted by atomic mass is 35.5. The first-order valence-corrected chi connectivity index (χ1v) is 13.6. The van der Waals surface area contributed by atoms with Crippen molar-refractivity contribution in [3.05, 3.63) is 75.4 Å². The average molecular weight is 546 g/mol. The Hall–Kier alpha value is -2.55. The number of nitrogens with one attached hydrogen (secondary N) is 1. The number of ether oxygens (including phenoxy) is 1. The highest BCUT2D eigenvalue weighted by Gasteiger charge is 2.38. The van der Waals surface area contributed by atoms with Gasteiger partial charge in [0.1, 0.15) is 12.4 Å². The van der Waals surface area contributed by atoms with E-state index >= 15 is 4.39 Å². The highest BCUT2D eigenvalue weighted by Crippen LogP contribution is 2.44. The molecule has 2 aromatic heterocycles. The van der Waals surface area contributed by atoms with Gasteiger partial charge in [0, 0.05) is 54.1 Å². The summed E-state index contributed by atoms with van der Waals surface area (Å²) in [5.41, 5.74) is 8.40. The molecule has 0 amide bonds. The number of thioether (sulfide) groups is 1. The number of aromatic nitrogens is 2. The van der Waals surface area contributed by atoms with Crippen LogP contribution in [0, 0.1) is 16.6 Å². The van der Waals surface area contributed by atoms with Gasteiger partial charge in [-0.1, -0.05) is 23.2 Å². The Morgan fingerprint density at radius 3 is 2.56 bits per heavy atom. The predicted octanol–water partition coefficient (Wildman–Crippen LogP) is 6.22. The quantitative estimate of drug-likeness (QED) is 0.282. The fourth-order valence-corrected chi connectivity index (χ4v) is 6.83. The lowest BCUT2D eigenvalue weighted by atomic mass is 9.78. The minimum atomic E-state index is -0.429. The van der Waals surface area contributed by atoms with Crippen LogP contribution in [0.1, 0.15) is 36.0 Å². The minimum absolute atomic E-state index is 0.0662. The molecule has 2 fully saturated rings. The lowest BCUT2D eigenvalue weighted by molar-refractivity contribution is 0.256. The number of benzene rings is 1. The summed E-state index contributed by atoms with van der Waals surface area (Å²) < 4.78 is 21.0. The lowest BCUT2D eigenvalue weighted by Crippen LogP contribution is -2.41. The number of nitrogens with two attached hydrogens (primary N) is 1. The van der Waals surface area contributed by atoms with Crippen molar-refractivity contribution in [2.45, 2.75) is 25.9 Å². The molecule has 2 aliphatic rings. The van der Waals surface area contributed by atoms with Crippen molar-refractivity contribution >= 4 is 52.2 Å². The van der Waals surface area contributed by atoms with Crippen molar-refractivity contribution in [1.29, 1.82) is 5.41 Å². The molecule has 0 atom stereocenters. The van der Waals surface area contributed by atoms with Crippen LogP contribution in [-0.2, 0) is 6.61 Å². The van der Waals surface area contributed by atoms with Gasteiger partial charge in [-0.25, -0.2) is 9.37 Å². The Labute approximate surface area is 223 Å². The van der Waals surface area contributed by atoms with Crippen LogP contribution in [0.25, 0.3) is 0 Å². The first-order valence-electron chi connectivity index (χ1n) is 11.7.